The van der Waals surface area contributed by atoms with Crippen LogP contribution in [0.5, 0.6) is 0 Å². The van der Waals surface area contributed by atoms with Crippen LogP contribution in [0.25, 0.3) is 0 Å². The second kappa shape index (κ2) is 5.04. The summed E-state index contributed by atoms with van der Waals surface area (Å²) in [6.07, 6.45) is 6.68. The molecule has 0 spiro atoms. The lowest BCUT2D eigenvalue weighted by atomic mass is 10.2. The van der Waals surface area contributed by atoms with Crippen molar-refractivity contribution in [2.75, 3.05) is 18.3 Å². The highest BCUT2D eigenvalue weighted by atomic mass is 79.9. The Kier molecular flexibility index (Phi) is 4.27. The molecule has 0 aliphatic rings. The molecular weight excluding hydrogens is 256 g/mol. The number of hydrogen-bond donors (Lipinski definition) is 0. The Hall–Kier alpha value is -0.210. The van der Waals surface area contributed by atoms with Crippen molar-refractivity contribution in [2.45, 2.75) is 10.2 Å². The number of hydrogen-bond acceptors (Lipinski definition) is 0. The molecule has 1 aromatic rings. The van der Waals surface area contributed by atoms with Crippen molar-refractivity contribution >= 4 is 26.0 Å². The lowest BCUT2D eigenvalue weighted by molar-refractivity contribution is 1.34. The third-order valence-electron chi connectivity index (χ3n) is 2.25. The summed E-state index contributed by atoms with van der Waals surface area (Å²) in [7, 11) is -0.669. The minimum absolute atomic E-state index is 0.669. The van der Waals surface area contributed by atoms with Gasteiger partial charge < -0.3 is 0 Å². The Balaban J connectivity index is 2.90. The lowest BCUT2D eigenvalue weighted by Gasteiger charge is -2.30. The smallest absolute Gasteiger partial charge is 0.0283 e. The third-order valence-corrected chi connectivity index (χ3v) is 5.52. The predicted octanol–water partition coefficient (Wildman–Crippen LogP) is 4.19. The van der Waals surface area contributed by atoms with Crippen molar-refractivity contribution in [1.29, 1.82) is 0 Å². The topological polar surface area (TPSA) is 0 Å². The van der Waals surface area contributed by atoms with E-state index in [1.807, 2.05) is 6.08 Å². The number of benzene rings is 1. The highest BCUT2D eigenvalue weighted by Gasteiger charge is 2.11. The largest absolute Gasteiger partial charge is 0.217 e. The molecule has 0 saturated carbocycles. The third kappa shape index (κ3) is 2.89. The second-order valence-corrected chi connectivity index (χ2v) is 8.21. The van der Waals surface area contributed by atoms with Gasteiger partial charge in [0.2, 0.25) is 0 Å². The Labute approximate surface area is 96.9 Å². The van der Waals surface area contributed by atoms with Crippen LogP contribution in [-0.2, 0) is 5.33 Å². The summed E-state index contributed by atoms with van der Waals surface area (Å²) in [6, 6.07) is 8.88. The normalized spacial score (nSPS) is 12.5. The highest BCUT2D eigenvalue weighted by Crippen LogP contribution is 2.48. The molecule has 0 aliphatic carbocycles. The van der Waals surface area contributed by atoms with Crippen LogP contribution in [-0.4, -0.2) is 18.3 Å². The molecule has 14 heavy (non-hydrogen) atoms. The van der Waals surface area contributed by atoms with Crippen LogP contribution in [0, 0.1) is 0 Å². The number of alkyl halides is 1. The van der Waals surface area contributed by atoms with Crippen LogP contribution in [0.3, 0.4) is 0 Å². The van der Waals surface area contributed by atoms with Crippen LogP contribution in [0.15, 0.2) is 41.8 Å². The van der Waals surface area contributed by atoms with Crippen LogP contribution in [0.1, 0.15) is 5.56 Å². The maximum Gasteiger partial charge on any atom is 0.0283 e. The molecule has 0 saturated heterocycles. The van der Waals surface area contributed by atoms with Crippen molar-refractivity contribution < 1.29 is 0 Å². The number of rotatable bonds is 4. The average Bonchev–Trinajstić information content (AvgIpc) is 2.18. The van der Waals surface area contributed by atoms with Crippen molar-refractivity contribution in [1.82, 2.24) is 0 Å². The van der Waals surface area contributed by atoms with Gasteiger partial charge in [0.15, 0.2) is 0 Å². The first-order valence-electron chi connectivity index (χ1n) is 4.57. The van der Waals surface area contributed by atoms with Gasteiger partial charge in [-0.3, -0.25) is 0 Å². The summed E-state index contributed by atoms with van der Waals surface area (Å²) in [5.41, 5.74) is 1.34. The van der Waals surface area contributed by atoms with Crippen molar-refractivity contribution in [3.05, 3.63) is 42.5 Å². The highest BCUT2D eigenvalue weighted by molar-refractivity contribution is 9.08. The Bertz CT molecular complexity index is 301. The standard InChI is InChI=1S/C12H17BrS/c1-4-9-14(2,3)12-7-5-11(10-13)6-8-12/h4-8H,1,9-10H2,2-3H3. The maximum atomic E-state index is 3.82. The first kappa shape index (κ1) is 11.9. The summed E-state index contributed by atoms with van der Waals surface area (Å²) in [4.78, 5) is 1.46. The van der Waals surface area contributed by atoms with Gasteiger partial charge in [-0.25, -0.2) is 10.0 Å². The number of halogens is 1. The summed E-state index contributed by atoms with van der Waals surface area (Å²) < 4.78 is 0. The first-order valence-corrected chi connectivity index (χ1v) is 8.31. The molecule has 0 heterocycles. The van der Waals surface area contributed by atoms with E-state index in [9.17, 15) is 0 Å². The predicted molar refractivity (Wildman–Crippen MR) is 71.8 cm³/mol. The molecule has 1 rings (SSSR count). The maximum absolute atomic E-state index is 3.82. The van der Waals surface area contributed by atoms with Gasteiger partial charge in [0, 0.05) is 5.33 Å². The van der Waals surface area contributed by atoms with Crippen molar-refractivity contribution in [2.24, 2.45) is 0 Å². The molecule has 0 fully saturated rings. The zero-order valence-corrected chi connectivity index (χ0v) is 11.2. The fraction of sp³-hybridized carbons (Fsp3) is 0.333. The molecule has 0 N–H and O–H groups in total. The molecular formula is C12H17BrS. The quantitative estimate of drug-likeness (QED) is 0.570. The SMILES string of the molecule is C=CCS(C)(C)c1ccc(CBr)cc1. The Morgan fingerprint density at radius 1 is 1.29 bits per heavy atom. The fourth-order valence-corrected chi connectivity index (χ4v) is 3.37. The fourth-order valence-electron chi connectivity index (χ4n) is 1.34. The van der Waals surface area contributed by atoms with Gasteiger partial charge in [-0.15, -0.1) is 6.58 Å². The molecule has 0 aliphatic heterocycles. The first-order chi connectivity index (χ1) is 6.60. The van der Waals surface area contributed by atoms with E-state index in [2.05, 4.69) is 59.3 Å². The molecule has 78 valence electrons. The summed E-state index contributed by atoms with van der Waals surface area (Å²) in [5, 5.41) is 0.935. The van der Waals surface area contributed by atoms with E-state index in [1.165, 1.54) is 10.5 Å². The van der Waals surface area contributed by atoms with E-state index >= 15 is 0 Å². The van der Waals surface area contributed by atoms with Gasteiger partial charge >= 0.3 is 0 Å². The average molecular weight is 273 g/mol. The van der Waals surface area contributed by atoms with E-state index in [4.69, 9.17) is 0 Å². The molecule has 0 bridgehead atoms. The monoisotopic (exact) mass is 272 g/mol. The van der Waals surface area contributed by atoms with E-state index < -0.39 is 10.0 Å². The van der Waals surface area contributed by atoms with E-state index in [1.54, 1.807) is 0 Å². The molecule has 0 radical (unpaired) electrons. The van der Waals surface area contributed by atoms with Gasteiger partial charge in [0.1, 0.15) is 0 Å². The van der Waals surface area contributed by atoms with E-state index in [0.717, 1.165) is 11.1 Å². The summed E-state index contributed by atoms with van der Waals surface area (Å²) in [6.45, 7) is 3.82. The van der Waals surface area contributed by atoms with Gasteiger partial charge in [0.25, 0.3) is 0 Å². The summed E-state index contributed by atoms with van der Waals surface area (Å²) >= 11 is 3.45. The molecule has 1 aromatic carbocycles. The molecule has 0 nitrogen and oxygen atoms in total. The van der Waals surface area contributed by atoms with Gasteiger partial charge in [-0.1, -0.05) is 34.1 Å². The Morgan fingerprint density at radius 2 is 1.86 bits per heavy atom. The minimum Gasteiger partial charge on any atom is -0.217 e. The lowest BCUT2D eigenvalue weighted by Crippen LogP contribution is -1.99. The van der Waals surface area contributed by atoms with Crippen LogP contribution >= 0.6 is 26.0 Å². The molecule has 2 heteroatoms. The van der Waals surface area contributed by atoms with E-state index in [0.29, 0.717) is 0 Å². The zero-order valence-electron chi connectivity index (χ0n) is 8.79. The molecule has 0 atom stereocenters. The Morgan fingerprint density at radius 3 is 2.29 bits per heavy atom. The van der Waals surface area contributed by atoms with Crippen LogP contribution in [0.2, 0.25) is 0 Å². The molecule has 0 aromatic heterocycles. The second-order valence-electron chi connectivity index (χ2n) is 3.77. The molecule has 0 unspecified atom stereocenters. The van der Waals surface area contributed by atoms with Crippen LogP contribution < -0.4 is 0 Å². The van der Waals surface area contributed by atoms with Gasteiger partial charge in [-0.2, -0.15) is 0 Å². The van der Waals surface area contributed by atoms with Crippen molar-refractivity contribution in [3.63, 3.8) is 0 Å². The van der Waals surface area contributed by atoms with Crippen molar-refractivity contribution in [3.8, 4) is 0 Å². The molecule has 0 amide bonds. The van der Waals surface area contributed by atoms with Crippen LogP contribution in [0.4, 0.5) is 0 Å². The minimum atomic E-state index is -0.669. The van der Waals surface area contributed by atoms with Gasteiger partial charge in [-0.05, 0) is 40.9 Å². The van der Waals surface area contributed by atoms with Gasteiger partial charge in [0.05, 0.1) is 0 Å². The van der Waals surface area contributed by atoms with E-state index in [-0.39, 0.29) is 0 Å². The summed E-state index contributed by atoms with van der Waals surface area (Å²) in [5.74, 6) is 1.10. The zero-order chi connectivity index (χ0) is 10.6.